The Balaban J connectivity index is 1.79. The van der Waals surface area contributed by atoms with Gasteiger partial charge in [-0.15, -0.1) is 11.3 Å². The zero-order valence-corrected chi connectivity index (χ0v) is 16.6. The maximum absolute atomic E-state index is 12.6. The van der Waals surface area contributed by atoms with Crippen molar-refractivity contribution in [1.82, 2.24) is 10.3 Å². The number of nitrogens with zero attached hydrogens (tertiary/aromatic N) is 2. The Morgan fingerprint density at radius 1 is 1.56 bits per heavy atom. The van der Waals surface area contributed by atoms with Crippen LogP contribution in [0.5, 0.6) is 0 Å². The number of nitrogens with two attached hydrogens (primary N) is 1. The van der Waals surface area contributed by atoms with Crippen LogP contribution in [0.1, 0.15) is 5.69 Å². The van der Waals surface area contributed by atoms with Gasteiger partial charge in [-0.05, 0) is 5.57 Å². The number of thioether (sulfide) groups is 1. The molecule has 12 heteroatoms. The fraction of sp³-hybridized carbons (Fsp3) is 0.400. The van der Waals surface area contributed by atoms with Crippen molar-refractivity contribution in [2.45, 2.75) is 11.3 Å². The molecule has 1 aromatic rings. The quantitative estimate of drug-likeness (QED) is 0.285. The van der Waals surface area contributed by atoms with Gasteiger partial charge >= 0.3 is 5.97 Å². The van der Waals surface area contributed by atoms with E-state index in [1.165, 1.54) is 18.9 Å². The molecule has 0 saturated heterocycles. The van der Waals surface area contributed by atoms with Crippen molar-refractivity contribution in [3.05, 3.63) is 22.2 Å². The highest BCUT2D eigenvalue weighted by atomic mass is 32.2. The molecule has 2 aliphatic rings. The van der Waals surface area contributed by atoms with E-state index in [0.29, 0.717) is 11.3 Å². The van der Waals surface area contributed by atoms with E-state index in [1.807, 2.05) is 0 Å². The molecule has 1 fully saturated rings. The summed E-state index contributed by atoms with van der Waals surface area (Å²) in [5, 5.41) is 17.2. The van der Waals surface area contributed by atoms with E-state index < -0.39 is 23.8 Å². The fourth-order valence-electron chi connectivity index (χ4n) is 3.05. The van der Waals surface area contributed by atoms with Crippen LogP contribution in [-0.4, -0.2) is 63.4 Å². The van der Waals surface area contributed by atoms with Crippen LogP contribution in [0, 0.1) is 5.92 Å². The second-order valence-electron chi connectivity index (χ2n) is 5.78. The second kappa shape index (κ2) is 7.90. The maximum atomic E-state index is 12.6. The van der Waals surface area contributed by atoms with E-state index in [4.69, 9.17) is 10.6 Å². The van der Waals surface area contributed by atoms with Crippen LogP contribution in [0.2, 0.25) is 0 Å². The third-order valence-corrected chi connectivity index (χ3v) is 6.78. The van der Waals surface area contributed by atoms with Crippen LogP contribution >= 0.6 is 35.7 Å². The number of thiazole rings is 1. The molecule has 3 rings (SSSR count). The normalized spacial score (nSPS) is 24.9. The molecular weight excluding hydrogens is 412 g/mol. The molecule has 1 aromatic heterocycles. The number of Topliss-reactive ketones (excluding diaryl/α,β-unsaturated/α-hetero) is 1. The molecule has 1 saturated carbocycles. The number of carbonyl (C=O) groups is 3. The summed E-state index contributed by atoms with van der Waals surface area (Å²) >= 11 is 6.73. The minimum Gasteiger partial charge on any atom is -0.478 e. The Labute approximate surface area is 167 Å². The van der Waals surface area contributed by atoms with Gasteiger partial charge in [-0.1, -0.05) is 5.16 Å². The van der Waals surface area contributed by atoms with Gasteiger partial charge in [0.15, 0.2) is 16.6 Å². The molecule has 1 amide bonds. The third-order valence-electron chi connectivity index (χ3n) is 4.28. The lowest BCUT2D eigenvalue weighted by molar-refractivity contribution is -0.139. The zero-order chi connectivity index (χ0) is 19.7. The van der Waals surface area contributed by atoms with Crippen molar-refractivity contribution in [3.8, 4) is 0 Å². The average Bonchev–Trinajstić information content (AvgIpc) is 3.08. The molecule has 0 spiro atoms. The molecular formula is C15H16N4O5S3. The van der Waals surface area contributed by atoms with Crippen molar-refractivity contribution in [2.75, 3.05) is 24.3 Å². The number of carboxylic acids is 1. The van der Waals surface area contributed by atoms with Gasteiger partial charge in [0.05, 0.1) is 5.92 Å². The van der Waals surface area contributed by atoms with Gasteiger partial charge in [0.25, 0.3) is 5.91 Å². The summed E-state index contributed by atoms with van der Waals surface area (Å²) in [6.07, 6.45) is 0. The first-order valence-corrected chi connectivity index (χ1v) is 10.3. The Hall–Kier alpha value is -2.05. The van der Waals surface area contributed by atoms with Gasteiger partial charge in [0, 0.05) is 27.7 Å². The lowest BCUT2D eigenvalue weighted by Gasteiger charge is -2.46. The molecule has 0 radical (unpaired) electrons. The first kappa shape index (κ1) is 19.7. The Morgan fingerprint density at radius 2 is 2.30 bits per heavy atom. The molecule has 0 bridgehead atoms. The predicted octanol–water partition coefficient (Wildman–Crippen LogP) is 0.186. The average molecular weight is 429 g/mol. The number of oxime groups is 1. The molecule has 1 unspecified atom stereocenters. The number of carbonyl (C=O) groups excluding carboxylic acids is 2. The Kier molecular flexibility index (Phi) is 5.77. The van der Waals surface area contributed by atoms with Crippen molar-refractivity contribution in [1.29, 1.82) is 0 Å². The van der Waals surface area contributed by atoms with Gasteiger partial charge in [-0.2, -0.15) is 24.4 Å². The smallest absolute Gasteiger partial charge is 0.332 e. The van der Waals surface area contributed by atoms with E-state index in [1.54, 1.807) is 5.38 Å². The first-order chi connectivity index (χ1) is 12.9. The van der Waals surface area contributed by atoms with Crippen LogP contribution in [-0.2, 0) is 19.2 Å². The van der Waals surface area contributed by atoms with Gasteiger partial charge in [-0.3, -0.25) is 9.59 Å². The molecule has 2 heterocycles. The van der Waals surface area contributed by atoms with E-state index in [9.17, 15) is 19.5 Å². The summed E-state index contributed by atoms with van der Waals surface area (Å²) in [4.78, 5) is 45.4. The highest BCUT2D eigenvalue weighted by Gasteiger charge is 2.56. The number of ketones is 1. The molecule has 144 valence electrons. The standard InChI is InChI=1S/C15H16N4O5S3/c1-24-19-9(6-4-27-15(16)17-6)13(21)18-10-11(20)8-7(14(22)23)5(2-25)3-26-12(8)10/h4,8,10,12,25H,2-3H2,1H3,(H2,16,17)(H,18,21)(H,22,23)/b19-9-/t8?,10-,12+/m1/s1. The fourth-order valence-corrected chi connectivity index (χ4v) is 5.54. The van der Waals surface area contributed by atoms with Gasteiger partial charge < -0.3 is 21.0 Å². The summed E-state index contributed by atoms with van der Waals surface area (Å²) in [6, 6.07) is -0.804. The van der Waals surface area contributed by atoms with Crippen LogP contribution in [0.15, 0.2) is 21.7 Å². The van der Waals surface area contributed by atoms with E-state index in [-0.39, 0.29) is 38.9 Å². The summed E-state index contributed by atoms with van der Waals surface area (Å²) in [7, 11) is 1.29. The number of anilines is 1. The summed E-state index contributed by atoms with van der Waals surface area (Å²) in [5.41, 5.74) is 6.45. The second-order valence-corrected chi connectivity index (χ2v) is 8.15. The van der Waals surface area contributed by atoms with E-state index >= 15 is 0 Å². The predicted molar refractivity (Wildman–Crippen MR) is 105 cm³/mol. The highest BCUT2D eigenvalue weighted by Crippen LogP contribution is 2.45. The van der Waals surface area contributed by atoms with Crippen molar-refractivity contribution in [2.24, 2.45) is 11.1 Å². The lowest BCUT2D eigenvalue weighted by atomic mass is 9.71. The number of aliphatic carboxylic acids is 1. The maximum Gasteiger partial charge on any atom is 0.332 e. The SMILES string of the molecule is CO/N=C(\C(=O)N[C@@H]1C(=O)C2C(C(=O)O)=C(CS)CS[C@@H]21)c1csc(N)n1. The molecule has 27 heavy (non-hydrogen) atoms. The molecule has 3 atom stereocenters. The summed E-state index contributed by atoms with van der Waals surface area (Å²) in [6.45, 7) is 0. The summed E-state index contributed by atoms with van der Waals surface area (Å²) in [5.74, 6) is -2.11. The number of carboxylic acid groups (broad SMARTS) is 1. The zero-order valence-electron chi connectivity index (χ0n) is 14.0. The highest BCUT2D eigenvalue weighted by molar-refractivity contribution is 8.00. The molecule has 1 aliphatic carbocycles. The van der Waals surface area contributed by atoms with Crippen LogP contribution in [0.4, 0.5) is 5.13 Å². The molecule has 0 aromatic carbocycles. The minimum atomic E-state index is -1.12. The Morgan fingerprint density at radius 3 is 2.85 bits per heavy atom. The van der Waals surface area contributed by atoms with Crippen LogP contribution < -0.4 is 11.1 Å². The largest absolute Gasteiger partial charge is 0.478 e. The van der Waals surface area contributed by atoms with Gasteiger partial charge in [-0.25, -0.2) is 9.78 Å². The van der Waals surface area contributed by atoms with Crippen molar-refractivity contribution >= 4 is 64.2 Å². The number of thiol groups is 1. The number of fused-ring (bicyclic) bond motifs is 1. The topological polar surface area (TPSA) is 144 Å². The third kappa shape index (κ3) is 3.56. The van der Waals surface area contributed by atoms with Crippen LogP contribution in [0.3, 0.4) is 0 Å². The lowest BCUT2D eigenvalue weighted by Crippen LogP contribution is -2.66. The number of hydrogen-bond donors (Lipinski definition) is 4. The van der Waals surface area contributed by atoms with Gasteiger partial charge in [0.2, 0.25) is 0 Å². The van der Waals surface area contributed by atoms with Crippen molar-refractivity contribution < 1.29 is 24.3 Å². The molecule has 4 N–H and O–H groups in total. The van der Waals surface area contributed by atoms with Crippen LogP contribution in [0.25, 0.3) is 0 Å². The van der Waals surface area contributed by atoms with Gasteiger partial charge in [0.1, 0.15) is 18.8 Å². The summed E-state index contributed by atoms with van der Waals surface area (Å²) < 4.78 is 0. The minimum absolute atomic E-state index is 0.0994. The molecule has 1 aliphatic heterocycles. The number of hydrogen-bond acceptors (Lipinski definition) is 10. The number of nitrogen functional groups attached to an aromatic ring is 1. The number of aromatic nitrogens is 1. The number of rotatable bonds is 6. The van der Waals surface area contributed by atoms with E-state index in [0.717, 1.165) is 11.3 Å². The Bertz CT molecular complexity index is 865. The molecule has 9 nitrogen and oxygen atoms in total. The first-order valence-electron chi connectivity index (χ1n) is 7.73. The number of nitrogens with one attached hydrogen (secondary N) is 1. The number of amides is 1. The van der Waals surface area contributed by atoms with Crippen molar-refractivity contribution in [3.63, 3.8) is 0 Å². The monoisotopic (exact) mass is 428 g/mol. The van der Waals surface area contributed by atoms with E-state index in [2.05, 4.69) is 28.1 Å².